The molecular formula is C12H24N2O2. The lowest BCUT2D eigenvalue weighted by molar-refractivity contribution is -0.142. The Morgan fingerprint density at radius 2 is 1.94 bits per heavy atom. The van der Waals surface area contributed by atoms with Crippen molar-refractivity contribution in [3.05, 3.63) is 0 Å². The van der Waals surface area contributed by atoms with E-state index in [0.29, 0.717) is 5.92 Å². The van der Waals surface area contributed by atoms with E-state index in [1.807, 2.05) is 34.2 Å². The smallest absolute Gasteiger partial charge is 0.164 e. The monoisotopic (exact) mass is 228 g/mol. The largest absolute Gasteiger partial charge is 0.344 e. The van der Waals surface area contributed by atoms with E-state index < -0.39 is 5.79 Å². The third kappa shape index (κ3) is 4.10. The van der Waals surface area contributed by atoms with E-state index in [-0.39, 0.29) is 12.2 Å². The fourth-order valence-corrected chi connectivity index (χ4v) is 1.84. The summed E-state index contributed by atoms with van der Waals surface area (Å²) in [7, 11) is 3.80. The van der Waals surface area contributed by atoms with Gasteiger partial charge in [0.1, 0.15) is 6.10 Å². The van der Waals surface area contributed by atoms with Gasteiger partial charge in [-0.05, 0) is 26.2 Å². The van der Waals surface area contributed by atoms with Gasteiger partial charge in [0.05, 0.1) is 12.3 Å². The third-order valence-electron chi connectivity index (χ3n) is 2.37. The van der Waals surface area contributed by atoms with Gasteiger partial charge in [-0.1, -0.05) is 13.8 Å². The normalized spacial score (nSPS) is 29.2. The minimum absolute atomic E-state index is 0.0419. The Kier molecular flexibility index (Phi) is 4.33. The molecule has 0 aromatic heterocycles. The summed E-state index contributed by atoms with van der Waals surface area (Å²) in [5, 5.41) is 6.00. The molecule has 1 fully saturated rings. The topological polar surface area (TPSA) is 34.1 Å². The Balaban J connectivity index is 2.64. The zero-order valence-corrected chi connectivity index (χ0v) is 11.2. The highest BCUT2D eigenvalue weighted by atomic mass is 16.7. The van der Waals surface area contributed by atoms with Crippen molar-refractivity contribution in [2.45, 2.75) is 52.1 Å². The molecule has 0 aromatic rings. The van der Waals surface area contributed by atoms with Gasteiger partial charge in [-0.25, -0.2) is 0 Å². The highest BCUT2D eigenvalue weighted by Gasteiger charge is 2.40. The number of ether oxygens (including phenoxy) is 2. The third-order valence-corrected chi connectivity index (χ3v) is 2.37. The Morgan fingerprint density at radius 1 is 1.31 bits per heavy atom. The van der Waals surface area contributed by atoms with Crippen molar-refractivity contribution in [2.75, 3.05) is 14.1 Å². The van der Waals surface area contributed by atoms with E-state index in [0.717, 1.165) is 6.42 Å². The molecule has 0 unspecified atom stereocenters. The Labute approximate surface area is 98.6 Å². The van der Waals surface area contributed by atoms with E-state index in [2.05, 4.69) is 18.9 Å². The maximum atomic E-state index is 5.87. The second-order valence-corrected chi connectivity index (χ2v) is 5.38. The van der Waals surface area contributed by atoms with Crippen LogP contribution in [0.1, 0.15) is 34.1 Å². The van der Waals surface area contributed by atoms with Crippen molar-refractivity contribution in [3.8, 4) is 0 Å². The average molecular weight is 228 g/mol. The van der Waals surface area contributed by atoms with Gasteiger partial charge < -0.3 is 14.5 Å². The summed E-state index contributed by atoms with van der Waals surface area (Å²) in [6.45, 7) is 8.28. The minimum atomic E-state index is -0.497. The van der Waals surface area contributed by atoms with Crippen molar-refractivity contribution in [3.63, 3.8) is 0 Å². The van der Waals surface area contributed by atoms with Crippen LogP contribution in [0.4, 0.5) is 0 Å². The molecule has 0 amide bonds. The average Bonchev–Trinajstić information content (AvgIpc) is 2.36. The van der Waals surface area contributed by atoms with Gasteiger partial charge in [0.25, 0.3) is 0 Å². The molecular weight excluding hydrogens is 204 g/mol. The highest BCUT2D eigenvalue weighted by Crippen LogP contribution is 2.30. The fourth-order valence-electron chi connectivity index (χ4n) is 1.84. The number of hydrazone groups is 1. The molecule has 1 heterocycles. The van der Waals surface area contributed by atoms with E-state index in [1.54, 1.807) is 5.01 Å². The van der Waals surface area contributed by atoms with Crippen LogP contribution in [0.3, 0.4) is 0 Å². The van der Waals surface area contributed by atoms with Crippen molar-refractivity contribution in [1.29, 1.82) is 0 Å². The summed E-state index contributed by atoms with van der Waals surface area (Å²) >= 11 is 0. The van der Waals surface area contributed by atoms with Gasteiger partial charge in [-0.2, -0.15) is 5.10 Å². The predicted octanol–water partition coefficient (Wildman–Crippen LogP) is 2.10. The van der Waals surface area contributed by atoms with E-state index in [9.17, 15) is 0 Å². The van der Waals surface area contributed by atoms with Crippen molar-refractivity contribution >= 4 is 6.21 Å². The molecule has 2 atom stereocenters. The fraction of sp³-hybridized carbons (Fsp3) is 0.917. The molecule has 0 N–H and O–H groups in total. The van der Waals surface area contributed by atoms with Gasteiger partial charge in [-0.15, -0.1) is 0 Å². The maximum absolute atomic E-state index is 5.87. The first kappa shape index (κ1) is 13.5. The van der Waals surface area contributed by atoms with Gasteiger partial charge in [0.2, 0.25) is 0 Å². The summed E-state index contributed by atoms with van der Waals surface area (Å²) in [4.78, 5) is 0. The van der Waals surface area contributed by atoms with Crippen LogP contribution < -0.4 is 0 Å². The van der Waals surface area contributed by atoms with Gasteiger partial charge >= 0.3 is 0 Å². The summed E-state index contributed by atoms with van der Waals surface area (Å²) in [5.74, 6) is 0.0977. The quantitative estimate of drug-likeness (QED) is 0.546. The Hall–Kier alpha value is -0.610. The van der Waals surface area contributed by atoms with Gasteiger partial charge in [0.15, 0.2) is 5.79 Å². The van der Waals surface area contributed by atoms with Crippen LogP contribution in [0, 0.1) is 5.92 Å². The molecule has 1 saturated heterocycles. The van der Waals surface area contributed by atoms with Gasteiger partial charge in [0, 0.05) is 14.1 Å². The predicted molar refractivity (Wildman–Crippen MR) is 65.5 cm³/mol. The standard InChI is InChI=1S/C12H24N2O2/c1-9(2)7-10-11(8-13-14(5)6)16-12(3,4)15-10/h8-11H,7H2,1-6H3/t10-,11-/m0/s1. The zero-order chi connectivity index (χ0) is 12.3. The lowest BCUT2D eigenvalue weighted by atomic mass is 10.0. The molecule has 0 saturated carbocycles. The van der Waals surface area contributed by atoms with Crippen molar-refractivity contribution in [2.24, 2.45) is 11.0 Å². The molecule has 4 nitrogen and oxygen atoms in total. The van der Waals surface area contributed by atoms with E-state index >= 15 is 0 Å². The molecule has 0 spiro atoms. The summed E-state index contributed by atoms with van der Waals surface area (Å²) in [6.07, 6.45) is 2.90. The first-order valence-electron chi connectivity index (χ1n) is 5.87. The molecule has 0 aliphatic carbocycles. The Bertz CT molecular complexity index is 249. The lowest BCUT2D eigenvalue weighted by Gasteiger charge is -2.17. The van der Waals surface area contributed by atoms with Crippen molar-refractivity contribution in [1.82, 2.24) is 5.01 Å². The molecule has 0 radical (unpaired) electrons. The summed E-state index contributed by atoms with van der Waals surface area (Å²) in [5.41, 5.74) is 0. The molecule has 4 heteroatoms. The number of hydrogen-bond donors (Lipinski definition) is 0. The number of nitrogens with zero attached hydrogens (tertiary/aromatic N) is 2. The van der Waals surface area contributed by atoms with Gasteiger partial charge in [-0.3, -0.25) is 0 Å². The van der Waals surface area contributed by atoms with E-state index in [1.165, 1.54) is 0 Å². The van der Waals surface area contributed by atoms with Crippen LogP contribution in [0.2, 0.25) is 0 Å². The number of hydrogen-bond acceptors (Lipinski definition) is 4. The molecule has 1 aliphatic heterocycles. The van der Waals surface area contributed by atoms with Crippen LogP contribution in [-0.4, -0.2) is 43.3 Å². The zero-order valence-electron chi connectivity index (χ0n) is 11.2. The van der Waals surface area contributed by atoms with Crippen LogP contribution in [0.25, 0.3) is 0 Å². The maximum Gasteiger partial charge on any atom is 0.164 e. The van der Waals surface area contributed by atoms with Crippen LogP contribution >= 0.6 is 0 Å². The molecule has 0 bridgehead atoms. The van der Waals surface area contributed by atoms with Crippen molar-refractivity contribution < 1.29 is 9.47 Å². The molecule has 94 valence electrons. The first-order valence-corrected chi connectivity index (χ1v) is 5.87. The van der Waals surface area contributed by atoms with Crippen LogP contribution in [0.15, 0.2) is 5.10 Å². The molecule has 16 heavy (non-hydrogen) atoms. The second kappa shape index (κ2) is 5.15. The number of rotatable bonds is 4. The molecule has 1 aliphatic rings. The Morgan fingerprint density at radius 3 is 2.44 bits per heavy atom. The summed E-state index contributed by atoms with van der Waals surface area (Å²) < 4.78 is 11.7. The first-order chi connectivity index (χ1) is 7.30. The van der Waals surface area contributed by atoms with E-state index in [4.69, 9.17) is 9.47 Å². The SMILES string of the molecule is CC(C)C[C@@H]1OC(C)(C)O[C@H]1C=NN(C)C. The molecule has 1 rings (SSSR count). The van der Waals surface area contributed by atoms with Crippen LogP contribution in [-0.2, 0) is 9.47 Å². The minimum Gasteiger partial charge on any atom is -0.344 e. The molecule has 0 aromatic carbocycles. The second-order valence-electron chi connectivity index (χ2n) is 5.38. The highest BCUT2D eigenvalue weighted by molar-refractivity contribution is 5.64. The van der Waals surface area contributed by atoms with Crippen LogP contribution in [0.5, 0.6) is 0 Å². The lowest BCUT2D eigenvalue weighted by Crippen LogP contribution is -2.26. The summed E-state index contributed by atoms with van der Waals surface area (Å²) in [6, 6.07) is 0.